The van der Waals surface area contributed by atoms with Gasteiger partial charge in [-0.3, -0.25) is 4.79 Å². The van der Waals surface area contributed by atoms with Crippen LogP contribution in [-0.2, 0) is 19.4 Å². The predicted octanol–water partition coefficient (Wildman–Crippen LogP) is 4.30. The first-order chi connectivity index (χ1) is 17.8. The lowest BCUT2D eigenvalue weighted by molar-refractivity contribution is 0.0826. The number of hydrogen-bond acceptors (Lipinski definition) is 8. The van der Waals surface area contributed by atoms with Gasteiger partial charge in [-0.05, 0) is 60.1 Å². The first-order valence-electron chi connectivity index (χ1n) is 11.8. The summed E-state index contributed by atoms with van der Waals surface area (Å²) in [7, 11) is 0. The van der Waals surface area contributed by atoms with Crippen LogP contribution in [0.1, 0.15) is 39.8 Å². The van der Waals surface area contributed by atoms with Gasteiger partial charge in [0.15, 0.2) is 0 Å². The Morgan fingerprint density at radius 1 is 1.11 bits per heavy atom. The number of aromatic nitrogens is 3. The van der Waals surface area contributed by atoms with Crippen molar-refractivity contribution in [3.05, 3.63) is 87.6 Å². The van der Waals surface area contributed by atoms with Crippen LogP contribution in [0, 0.1) is 18.6 Å². The molecule has 0 saturated heterocycles. The average molecular weight is 544 g/mol. The van der Waals surface area contributed by atoms with Crippen molar-refractivity contribution in [2.75, 3.05) is 6.54 Å². The van der Waals surface area contributed by atoms with Gasteiger partial charge in [0.05, 0.1) is 17.8 Å². The number of amides is 1. The van der Waals surface area contributed by atoms with Gasteiger partial charge in [-0.25, -0.2) is 13.8 Å². The Hall–Kier alpha value is -3.12. The molecular weight excluding hydrogens is 516 g/mol. The smallest absolute Gasteiger partial charge is 0.271 e. The lowest BCUT2D eigenvalue weighted by atomic mass is 10.00. The van der Waals surface area contributed by atoms with Gasteiger partial charge >= 0.3 is 0 Å². The molecule has 0 aliphatic carbocycles. The number of hydrogen-bond donors (Lipinski definition) is 3. The summed E-state index contributed by atoms with van der Waals surface area (Å²) in [6.45, 7) is 4.58. The van der Waals surface area contributed by atoms with Gasteiger partial charge in [0.2, 0.25) is 0 Å². The highest BCUT2D eigenvalue weighted by molar-refractivity contribution is 7.18. The SMILES string of the molecule is CCc1cccc(CNC[C@@H](O)[C@H](Cc2cc(F)cc(F)c2)NC(=O)c2csc(-c3snnc3C)n2)c1. The maximum Gasteiger partial charge on any atom is 0.271 e. The molecule has 0 fully saturated rings. The largest absolute Gasteiger partial charge is 0.390 e. The molecule has 7 nitrogen and oxygen atoms in total. The van der Waals surface area contributed by atoms with Crippen LogP contribution in [0.25, 0.3) is 9.88 Å². The number of benzene rings is 2. The number of halogens is 2. The van der Waals surface area contributed by atoms with Gasteiger partial charge in [-0.1, -0.05) is 35.7 Å². The van der Waals surface area contributed by atoms with Gasteiger partial charge in [-0.15, -0.1) is 16.4 Å². The summed E-state index contributed by atoms with van der Waals surface area (Å²) >= 11 is 2.49. The van der Waals surface area contributed by atoms with Gasteiger partial charge < -0.3 is 15.7 Å². The quantitative estimate of drug-likeness (QED) is 0.261. The van der Waals surface area contributed by atoms with Gasteiger partial charge in [-0.2, -0.15) is 0 Å². The first-order valence-corrected chi connectivity index (χ1v) is 13.4. The summed E-state index contributed by atoms with van der Waals surface area (Å²) in [5, 5.41) is 23.2. The maximum absolute atomic E-state index is 13.8. The van der Waals surface area contributed by atoms with Crippen LogP contribution in [0.15, 0.2) is 47.8 Å². The number of aliphatic hydroxyl groups excluding tert-OH is 1. The van der Waals surface area contributed by atoms with E-state index < -0.39 is 29.7 Å². The van der Waals surface area contributed by atoms with E-state index in [1.165, 1.54) is 40.6 Å². The Labute approximate surface area is 221 Å². The molecule has 2 heterocycles. The second-order valence-corrected chi connectivity index (χ2v) is 10.3. The highest BCUT2D eigenvalue weighted by atomic mass is 32.1. The van der Waals surface area contributed by atoms with Crippen molar-refractivity contribution in [2.45, 2.75) is 45.4 Å². The van der Waals surface area contributed by atoms with Crippen molar-refractivity contribution in [3.8, 4) is 9.88 Å². The van der Waals surface area contributed by atoms with E-state index in [1.807, 2.05) is 19.1 Å². The number of nitrogens with one attached hydrogen (secondary N) is 2. The first kappa shape index (κ1) is 26.9. The molecule has 0 unspecified atom stereocenters. The van der Waals surface area contributed by atoms with Crippen LogP contribution < -0.4 is 10.6 Å². The Morgan fingerprint density at radius 2 is 1.86 bits per heavy atom. The lowest BCUT2D eigenvalue weighted by Gasteiger charge is -2.24. The maximum atomic E-state index is 13.8. The van der Waals surface area contributed by atoms with Crippen LogP contribution in [0.4, 0.5) is 8.78 Å². The minimum absolute atomic E-state index is 0.0312. The summed E-state index contributed by atoms with van der Waals surface area (Å²) < 4.78 is 31.5. The highest BCUT2D eigenvalue weighted by Gasteiger charge is 2.24. The van der Waals surface area contributed by atoms with Crippen LogP contribution in [0.2, 0.25) is 0 Å². The number of carbonyl (C=O) groups excluding carboxylic acids is 1. The number of nitrogens with zero attached hydrogens (tertiary/aromatic N) is 3. The zero-order chi connectivity index (χ0) is 26.4. The average Bonchev–Trinajstić information content (AvgIpc) is 3.52. The Bertz CT molecular complexity index is 1340. The van der Waals surface area contributed by atoms with E-state index in [4.69, 9.17) is 0 Å². The zero-order valence-corrected chi connectivity index (χ0v) is 22.0. The second-order valence-electron chi connectivity index (χ2n) is 8.66. The fourth-order valence-electron chi connectivity index (χ4n) is 3.88. The Morgan fingerprint density at radius 3 is 2.57 bits per heavy atom. The van der Waals surface area contributed by atoms with Gasteiger partial charge in [0.1, 0.15) is 27.2 Å². The Kier molecular flexibility index (Phi) is 9.04. The molecule has 2 aromatic carbocycles. The fourth-order valence-corrected chi connectivity index (χ4v) is 5.47. The molecule has 37 heavy (non-hydrogen) atoms. The highest BCUT2D eigenvalue weighted by Crippen LogP contribution is 2.28. The molecular formula is C26H27F2N5O2S2. The van der Waals surface area contributed by atoms with Crippen molar-refractivity contribution in [2.24, 2.45) is 0 Å². The molecule has 0 aliphatic heterocycles. The summed E-state index contributed by atoms with van der Waals surface area (Å²) in [5.41, 5.74) is 3.51. The molecule has 0 aliphatic rings. The summed E-state index contributed by atoms with van der Waals surface area (Å²) in [5.74, 6) is -1.93. The standard InChI is InChI=1S/C26H27F2N5O2S2/c1-3-16-5-4-6-17(7-16)12-29-13-23(34)21(10-18-8-19(27)11-20(28)9-18)30-25(35)22-14-36-26(31-22)24-15(2)32-33-37-24/h4-9,11,14,21,23,29,34H,3,10,12-13H2,1-2H3,(H,30,35)/t21-,23+/m0/s1. The summed E-state index contributed by atoms with van der Waals surface area (Å²) in [6.07, 6.45) is -0.0778. The minimum Gasteiger partial charge on any atom is -0.390 e. The third-order valence-corrected chi connectivity index (χ3v) is 7.65. The number of rotatable bonds is 11. The minimum atomic E-state index is -1.03. The summed E-state index contributed by atoms with van der Waals surface area (Å²) in [6, 6.07) is 10.5. The molecule has 0 spiro atoms. The van der Waals surface area contributed by atoms with E-state index in [9.17, 15) is 18.7 Å². The van der Waals surface area contributed by atoms with Crippen LogP contribution in [0.3, 0.4) is 0 Å². The van der Waals surface area contributed by atoms with E-state index in [2.05, 4.69) is 44.3 Å². The summed E-state index contributed by atoms with van der Waals surface area (Å²) in [4.78, 5) is 18.2. The monoisotopic (exact) mass is 543 g/mol. The molecule has 3 N–H and O–H groups in total. The van der Waals surface area contributed by atoms with Gasteiger partial charge in [0, 0.05) is 24.5 Å². The van der Waals surface area contributed by atoms with Crippen LogP contribution >= 0.6 is 22.9 Å². The zero-order valence-electron chi connectivity index (χ0n) is 20.4. The Balaban J connectivity index is 1.46. The van der Waals surface area contributed by atoms with E-state index in [0.29, 0.717) is 17.1 Å². The molecule has 0 saturated carbocycles. The predicted molar refractivity (Wildman–Crippen MR) is 141 cm³/mol. The molecule has 2 atom stereocenters. The number of thiazole rings is 1. The number of carbonyl (C=O) groups is 1. The van der Waals surface area contributed by atoms with Crippen molar-refractivity contribution in [1.29, 1.82) is 0 Å². The normalized spacial score (nSPS) is 12.9. The molecule has 2 aromatic heterocycles. The third-order valence-electron chi connectivity index (χ3n) is 5.82. The van der Waals surface area contributed by atoms with E-state index in [1.54, 1.807) is 5.38 Å². The molecule has 4 rings (SSSR count). The van der Waals surface area contributed by atoms with Crippen molar-refractivity contribution in [3.63, 3.8) is 0 Å². The van der Waals surface area contributed by atoms with Crippen LogP contribution in [0.5, 0.6) is 0 Å². The molecule has 0 bridgehead atoms. The van der Waals surface area contributed by atoms with E-state index in [-0.39, 0.29) is 18.7 Å². The lowest BCUT2D eigenvalue weighted by Crippen LogP contribution is -2.48. The molecule has 1 amide bonds. The van der Waals surface area contributed by atoms with E-state index >= 15 is 0 Å². The second kappa shape index (κ2) is 12.4. The molecule has 4 aromatic rings. The van der Waals surface area contributed by atoms with Crippen molar-refractivity contribution >= 4 is 28.8 Å². The fraction of sp³-hybridized carbons (Fsp3) is 0.308. The van der Waals surface area contributed by atoms with E-state index in [0.717, 1.165) is 28.6 Å². The molecule has 0 radical (unpaired) electrons. The molecule has 11 heteroatoms. The topological polar surface area (TPSA) is 100 Å². The van der Waals surface area contributed by atoms with Crippen molar-refractivity contribution in [1.82, 2.24) is 25.2 Å². The van der Waals surface area contributed by atoms with Crippen molar-refractivity contribution < 1.29 is 18.7 Å². The third kappa shape index (κ3) is 7.22. The van der Waals surface area contributed by atoms with Crippen LogP contribution in [-0.4, -0.2) is 44.3 Å². The van der Waals surface area contributed by atoms with Gasteiger partial charge in [0.25, 0.3) is 5.91 Å². The molecule has 194 valence electrons. The number of aliphatic hydroxyl groups is 1. The number of aryl methyl sites for hydroxylation is 2.